The van der Waals surface area contributed by atoms with Gasteiger partial charge in [-0.15, -0.1) is 11.5 Å². The van der Waals surface area contributed by atoms with Gasteiger partial charge in [-0.05, 0) is 11.1 Å². The molecule has 0 radical (unpaired) electrons. The van der Waals surface area contributed by atoms with Gasteiger partial charge in [0.05, 0.1) is 12.7 Å². The number of benzene rings is 2. The second-order valence-corrected chi connectivity index (χ2v) is 13.6. The summed E-state index contributed by atoms with van der Waals surface area (Å²) in [6, 6.07) is 13.4. The van der Waals surface area contributed by atoms with Gasteiger partial charge in [0, 0.05) is 12.4 Å². The monoisotopic (exact) mass is 654 g/mol. The van der Waals surface area contributed by atoms with Crippen molar-refractivity contribution >= 4 is 67.5 Å². The van der Waals surface area contributed by atoms with E-state index in [1.54, 1.807) is 36.4 Å². The average molecular weight is 653 g/mol. The molecule has 0 aliphatic carbocycles. The second-order valence-electron chi connectivity index (χ2n) is 8.15. The fourth-order valence-electron chi connectivity index (χ4n) is 3.39. The van der Waals surface area contributed by atoms with Gasteiger partial charge < -0.3 is 20.2 Å². The van der Waals surface area contributed by atoms with Crippen molar-refractivity contribution in [2.45, 2.75) is 22.7 Å². The molecule has 13 heteroatoms. The van der Waals surface area contributed by atoms with E-state index in [0.29, 0.717) is 45.1 Å². The maximum absolute atomic E-state index is 11.5. The van der Waals surface area contributed by atoms with Crippen molar-refractivity contribution < 1.29 is 10.2 Å². The smallest absolute Gasteiger partial charge is 0.182 e. The van der Waals surface area contributed by atoms with Crippen LogP contribution in [0.5, 0.6) is 11.5 Å². The molecule has 12 nitrogen and oxygen atoms in total. The first-order valence-corrected chi connectivity index (χ1v) is 16.7. The molecule has 0 atom stereocenters. The normalized spacial score (nSPS) is 10.8. The summed E-state index contributed by atoms with van der Waals surface area (Å²) in [5, 5.41) is 23.0. The Morgan fingerprint density at radius 2 is 1.10 bits per heavy atom. The summed E-state index contributed by atoms with van der Waals surface area (Å²) in [5.74, 6) is 0.772. The molecule has 2 N–H and O–H groups in total. The van der Waals surface area contributed by atoms with Crippen molar-refractivity contribution in [2.24, 2.45) is 9.98 Å². The Balaban J connectivity index is 0.000000163. The molecule has 6 rings (SSSR count). The van der Waals surface area contributed by atoms with Crippen molar-refractivity contribution in [3.63, 3.8) is 0 Å². The summed E-state index contributed by atoms with van der Waals surface area (Å²) < 4.78 is 3.03. The van der Waals surface area contributed by atoms with Crippen LogP contribution in [-0.4, -0.2) is 73.4 Å². The van der Waals surface area contributed by atoms with E-state index in [-0.39, 0.29) is 32.6 Å². The van der Waals surface area contributed by atoms with E-state index in [1.165, 1.54) is 58.7 Å². The van der Waals surface area contributed by atoms with Crippen LogP contribution in [0.1, 0.15) is 25.0 Å². The van der Waals surface area contributed by atoms with E-state index < -0.39 is 0 Å². The van der Waals surface area contributed by atoms with Crippen molar-refractivity contribution in [1.29, 1.82) is 0 Å². The first-order chi connectivity index (χ1) is 20.1. The molecule has 0 saturated heterocycles. The molecule has 2 aromatic carbocycles. The average Bonchev–Trinajstić information content (AvgIpc) is 3.68. The Morgan fingerprint density at radius 3 is 1.49 bits per heavy atom. The van der Waals surface area contributed by atoms with Crippen molar-refractivity contribution in [3.05, 3.63) is 85.0 Å². The standard InChI is InChI=1S/2C12H9N5O.2C2H5.Sn/c2*18-9-4-2-1-3-8(9)5-13-11-10-12(15-6-14-10)17-7-16-11;2*1-2;/h2*1-7,18H,(H,14,15,16,17);2*1H2,2H3;/q;;;;+2/p-2. The minimum absolute atomic E-state index is 0.0730. The quantitative estimate of drug-likeness (QED) is 0.201. The first kappa shape index (κ1) is 29.3. The zero-order chi connectivity index (χ0) is 28.9. The van der Waals surface area contributed by atoms with E-state index in [4.69, 9.17) is 0 Å². The molecule has 6 aromatic rings. The van der Waals surface area contributed by atoms with Gasteiger partial charge in [-0.25, -0.2) is 39.9 Å². The fraction of sp³-hybridized carbons (Fsp3) is 0.143. The largest absolute Gasteiger partial charge is 0.872 e. The molecular weight excluding hydrogens is 627 g/mol. The van der Waals surface area contributed by atoms with Gasteiger partial charge in [-0.3, -0.25) is 0 Å². The van der Waals surface area contributed by atoms with Crippen LogP contribution in [0.15, 0.2) is 83.8 Å². The summed E-state index contributed by atoms with van der Waals surface area (Å²) in [6.07, 6.45) is 8.81. The molecule has 0 aliphatic rings. The first-order valence-electron chi connectivity index (χ1n) is 12.7. The van der Waals surface area contributed by atoms with Gasteiger partial charge in [-0.1, -0.05) is 48.5 Å². The Bertz CT molecular complexity index is 1620. The van der Waals surface area contributed by atoms with E-state index in [0.717, 1.165) is 0 Å². The maximum atomic E-state index is 11.5. The zero-order valence-corrected chi connectivity index (χ0v) is 25.2. The van der Waals surface area contributed by atoms with Gasteiger partial charge >= 0.3 is 43.9 Å². The van der Waals surface area contributed by atoms with E-state index in [9.17, 15) is 10.2 Å². The van der Waals surface area contributed by atoms with Crippen LogP contribution in [0.4, 0.5) is 11.6 Å². The topological polar surface area (TPSA) is 180 Å². The molecule has 0 amide bonds. The Morgan fingerprint density at radius 1 is 0.659 bits per heavy atom. The van der Waals surface area contributed by atoms with Crippen LogP contribution in [0.2, 0.25) is 8.87 Å². The molecule has 0 spiro atoms. The number of fused-ring (bicyclic) bond motifs is 2. The van der Waals surface area contributed by atoms with Crippen molar-refractivity contribution in [2.75, 3.05) is 0 Å². The Labute approximate surface area is 246 Å². The molecule has 41 heavy (non-hydrogen) atoms. The predicted octanol–water partition coefficient (Wildman–Crippen LogP) is 3.92. The third-order valence-electron chi connectivity index (χ3n) is 5.40. The summed E-state index contributed by atoms with van der Waals surface area (Å²) >= 11 is 0.218. The van der Waals surface area contributed by atoms with Crippen molar-refractivity contribution in [1.82, 2.24) is 39.9 Å². The van der Waals surface area contributed by atoms with E-state index in [1.807, 2.05) is 0 Å². The number of H-pyrrole nitrogens is 2. The molecule has 0 unspecified atom stereocenters. The summed E-state index contributed by atoms with van der Waals surface area (Å²) in [5.41, 5.74) is 3.43. The fourth-order valence-corrected chi connectivity index (χ4v) is 4.81. The van der Waals surface area contributed by atoms with Crippen LogP contribution < -0.4 is 10.2 Å². The number of hydrogen-bond acceptors (Lipinski definition) is 10. The number of nitrogens with zero attached hydrogens (tertiary/aromatic N) is 8. The second kappa shape index (κ2) is 15.2. The Kier molecular flexibility index (Phi) is 10.8. The molecule has 0 bridgehead atoms. The van der Waals surface area contributed by atoms with E-state index >= 15 is 0 Å². The number of hydrogen-bond donors (Lipinski definition) is 2. The minimum Gasteiger partial charge on any atom is -0.872 e. The zero-order valence-electron chi connectivity index (χ0n) is 22.4. The molecule has 204 valence electrons. The third kappa shape index (κ3) is 8.14. The molecular formula is C28H26N10O2Sn. The molecule has 4 heterocycles. The number of imidazole rings is 2. The predicted molar refractivity (Wildman–Crippen MR) is 156 cm³/mol. The summed E-state index contributed by atoms with van der Waals surface area (Å²) in [7, 11) is 0. The Hall–Kier alpha value is -4.72. The van der Waals surface area contributed by atoms with Gasteiger partial charge in [0.1, 0.15) is 23.7 Å². The van der Waals surface area contributed by atoms with Crippen LogP contribution >= 0.6 is 0 Å². The van der Waals surface area contributed by atoms with Crippen LogP contribution in [-0.2, 0) is 0 Å². The number of rotatable bonds is 6. The maximum Gasteiger partial charge on any atom is 0.182 e. The summed E-state index contributed by atoms with van der Waals surface area (Å²) in [4.78, 5) is 38.3. The SMILES string of the molecule is C[CH2][Sn+2][CH2]C.[O-]c1ccccc1C=Nc1ncnc2nc[nH]c12.[O-]c1ccccc1C=Nc1ncnc2nc[nH]c12. The van der Waals surface area contributed by atoms with E-state index in [2.05, 4.69) is 63.7 Å². The van der Waals surface area contributed by atoms with Crippen molar-refractivity contribution in [3.8, 4) is 11.5 Å². The number of para-hydroxylation sites is 2. The van der Waals surface area contributed by atoms with Gasteiger partial charge in [0.25, 0.3) is 0 Å². The molecule has 0 fully saturated rings. The third-order valence-corrected chi connectivity index (χ3v) is 8.25. The van der Waals surface area contributed by atoms with Gasteiger partial charge in [-0.2, -0.15) is 0 Å². The number of nitrogens with one attached hydrogen (secondary N) is 2. The molecule has 4 aromatic heterocycles. The molecule has 0 saturated carbocycles. The number of aromatic nitrogens is 8. The summed E-state index contributed by atoms with van der Waals surface area (Å²) in [6.45, 7) is 4.57. The minimum atomic E-state index is -0.0730. The van der Waals surface area contributed by atoms with Crippen LogP contribution in [0.3, 0.4) is 0 Å². The number of aromatic amines is 2. The molecule has 0 aliphatic heterocycles. The van der Waals surface area contributed by atoms with Crippen LogP contribution in [0.25, 0.3) is 22.3 Å². The van der Waals surface area contributed by atoms with Crippen LogP contribution in [0, 0.1) is 0 Å². The number of aliphatic imine (C=N–C) groups is 2. The van der Waals surface area contributed by atoms with Gasteiger partial charge in [0.15, 0.2) is 22.9 Å². The van der Waals surface area contributed by atoms with Gasteiger partial charge in [0.2, 0.25) is 0 Å².